The summed E-state index contributed by atoms with van der Waals surface area (Å²) >= 11 is 0. The van der Waals surface area contributed by atoms with Gasteiger partial charge in [0.25, 0.3) is 0 Å². The molecule has 0 amide bonds. The van der Waals surface area contributed by atoms with Crippen LogP contribution in [0, 0.1) is 0 Å². The van der Waals surface area contributed by atoms with Gasteiger partial charge in [0.05, 0.1) is 7.11 Å². The highest BCUT2D eigenvalue weighted by Crippen LogP contribution is 2.28. The third-order valence-electron chi connectivity index (χ3n) is 6.44. The van der Waals surface area contributed by atoms with Crippen LogP contribution in [-0.4, -0.2) is 89.5 Å². The Morgan fingerprint density at radius 3 is 2.54 bits per heavy atom. The van der Waals surface area contributed by atoms with Gasteiger partial charge in [-0.15, -0.1) is 0 Å². The molecule has 1 aromatic carbocycles. The number of likely N-dealkylation sites (tertiary alicyclic amines) is 1. The van der Waals surface area contributed by atoms with E-state index >= 15 is 0 Å². The SMILES string of the molecule is COc1cc(O)ccc1CN1CCN(C2CCN(C(C)C)CC2)[C@H](CCO)C1. The molecule has 1 atom stereocenters. The Labute approximate surface area is 169 Å². The van der Waals surface area contributed by atoms with Crippen LogP contribution in [-0.2, 0) is 6.54 Å². The van der Waals surface area contributed by atoms with E-state index in [2.05, 4.69) is 28.5 Å². The molecule has 3 rings (SSSR count). The summed E-state index contributed by atoms with van der Waals surface area (Å²) < 4.78 is 5.45. The summed E-state index contributed by atoms with van der Waals surface area (Å²) in [5, 5.41) is 19.3. The van der Waals surface area contributed by atoms with Crippen LogP contribution >= 0.6 is 0 Å². The molecule has 0 radical (unpaired) electrons. The molecule has 0 aromatic heterocycles. The zero-order valence-electron chi connectivity index (χ0n) is 17.7. The van der Waals surface area contributed by atoms with Gasteiger partial charge >= 0.3 is 0 Å². The molecule has 0 unspecified atom stereocenters. The molecule has 1 aromatic rings. The van der Waals surface area contributed by atoms with Gasteiger partial charge in [0, 0.05) is 62.5 Å². The minimum atomic E-state index is 0.233. The fourth-order valence-electron chi connectivity index (χ4n) is 4.80. The summed E-state index contributed by atoms with van der Waals surface area (Å²) in [6, 6.07) is 7.02. The van der Waals surface area contributed by atoms with Crippen molar-refractivity contribution >= 4 is 0 Å². The van der Waals surface area contributed by atoms with Gasteiger partial charge in [-0.3, -0.25) is 9.80 Å². The number of aliphatic hydroxyl groups is 1. The van der Waals surface area contributed by atoms with Crippen molar-refractivity contribution in [3.05, 3.63) is 23.8 Å². The Bertz CT molecular complexity index is 617. The van der Waals surface area contributed by atoms with Crippen LogP contribution in [0.3, 0.4) is 0 Å². The van der Waals surface area contributed by atoms with Crippen LogP contribution < -0.4 is 4.74 Å². The minimum absolute atomic E-state index is 0.233. The first kappa shape index (κ1) is 21.4. The molecule has 0 aliphatic carbocycles. The molecule has 0 spiro atoms. The molecular formula is C22H37N3O3. The topological polar surface area (TPSA) is 59.4 Å². The zero-order chi connectivity index (χ0) is 20.1. The molecule has 6 heteroatoms. The van der Waals surface area contributed by atoms with Gasteiger partial charge in [0.1, 0.15) is 11.5 Å². The van der Waals surface area contributed by atoms with E-state index in [9.17, 15) is 10.2 Å². The summed E-state index contributed by atoms with van der Waals surface area (Å²) in [6.45, 7) is 11.0. The first-order chi connectivity index (χ1) is 13.5. The average Bonchev–Trinajstić information content (AvgIpc) is 2.70. The molecular weight excluding hydrogens is 354 g/mol. The average molecular weight is 392 g/mol. The van der Waals surface area contributed by atoms with Crippen molar-refractivity contribution in [1.29, 1.82) is 0 Å². The van der Waals surface area contributed by atoms with Gasteiger partial charge in [-0.05, 0) is 52.3 Å². The first-order valence-corrected chi connectivity index (χ1v) is 10.7. The number of piperazine rings is 1. The van der Waals surface area contributed by atoms with E-state index in [1.807, 2.05) is 6.07 Å². The fourth-order valence-corrected chi connectivity index (χ4v) is 4.80. The third-order valence-corrected chi connectivity index (χ3v) is 6.44. The third kappa shape index (κ3) is 5.17. The van der Waals surface area contributed by atoms with E-state index in [1.165, 1.54) is 25.9 Å². The van der Waals surface area contributed by atoms with Crippen LogP contribution in [0.1, 0.15) is 38.7 Å². The number of aromatic hydroxyl groups is 1. The number of phenols is 1. The van der Waals surface area contributed by atoms with Gasteiger partial charge in [-0.25, -0.2) is 0 Å². The lowest BCUT2D eigenvalue weighted by molar-refractivity contribution is -0.000197. The quantitative estimate of drug-likeness (QED) is 0.743. The molecule has 2 N–H and O–H groups in total. The summed E-state index contributed by atoms with van der Waals surface area (Å²) in [6.07, 6.45) is 3.28. The highest BCUT2D eigenvalue weighted by molar-refractivity contribution is 5.40. The van der Waals surface area contributed by atoms with Crippen LogP contribution in [0.15, 0.2) is 18.2 Å². The molecule has 6 nitrogen and oxygen atoms in total. The Balaban J connectivity index is 1.61. The number of hydrogen-bond acceptors (Lipinski definition) is 6. The second-order valence-corrected chi connectivity index (χ2v) is 8.50. The number of hydrogen-bond donors (Lipinski definition) is 2. The number of phenolic OH excluding ortho intramolecular Hbond substituents is 1. The zero-order valence-corrected chi connectivity index (χ0v) is 17.7. The number of aliphatic hydroxyl groups excluding tert-OH is 1. The van der Waals surface area contributed by atoms with Crippen LogP contribution in [0.4, 0.5) is 0 Å². The lowest BCUT2D eigenvalue weighted by Crippen LogP contribution is -2.58. The van der Waals surface area contributed by atoms with E-state index in [4.69, 9.17) is 4.74 Å². The summed E-state index contributed by atoms with van der Waals surface area (Å²) in [5.41, 5.74) is 1.10. The Morgan fingerprint density at radius 1 is 1.14 bits per heavy atom. The number of piperidine rings is 1. The van der Waals surface area contributed by atoms with E-state index in [0.29, 0.717) is 18.1 Å². The van der Waals surface area contributed by atoms with E-state index in [0.717, 1.165) is 43.9 Å². The number of ether oxygens (including phenoxy) is 1. The Kier molecular flexibility index (Phi) is 7.57. The standard InChI is InChI=1S/C22H37N3O3/c1-17(2)24-9-6-19(7-10-24)25-12-11-23(16-20(25)8-13-26)15-18-4-5-21(27)14-22(18)28-3/h4-5,14,17,19-20,26-27H,6-13,15-16H2,1-3H3/t20-/m1/s1. The van der Waals surface area contributed by atoms with Gasteiger partial charge in [0.2, 0.25) is 0 Å². The van der Waals surface area contributed by atoms with Crippen LogP contribution in [0.2, 0.25) is 0 Å². The maximum Gasteiger partial charge on any atom is 0.127 e. The predicted octanol–water partition coefficient (Wildman–Crippen LogP) is 2.14. The molecule has 2 aliphatic rings. The largest absolute Gasteiger partial charge is 0.508 e. The molecule has 28 heavy (non-hydrogen) atoms. The van der Waals surface area contributed by atoms with Crippen molar-refractivity contribution in [3.8, 4) is 11.5 Å². The van der Waals surface area contributed by atoms with Crippen LogP contribution in [0.5, 0.6) is 11.5 Å². The van der Waals surface area contributed by atoms with Crippen molar-refractivity contribution in [1.82, 2.24) is 14.7 Å². The van der Waals surface area contributed by atoms with Crippen molar-refractivity contribution in [3.63, 3.8) is 0 Å². The van der Waals surface area contributed by atoms with Gasteiger partial charge in [-0.1, -0.05) is 6.07 Å². The number of rotatable bonds is 7. The van der Waals surface area contributed by atoms with E-state index in [1.54, 1.807) is 19.2 Å². The number of nitrogens with zero attached hydrogens (tertiary/aromatic N) is 3. The van der Waals surface area contributed by atoms with Gasteiger partial charge in [-0.2, -0.15) is 0 Å². The predicted molar refractivity (Wildman–Crippen MR) is 112 cm³/mol. The summed E-state index contributed by atoms with van der Waals surface area (Å²) in [4.78, 5) is 7.69. The maximum atomic E-state index is 9.69. The Hall–Kier alpha value is -1.34. The lowest BCUT2D eigenvalue weighted by Gasteiger charge is -2.48. The number of methoxy groups -OCH3 is 1. The van der Waals surface area contributed by atoms with Gasteiger partial charge in [0.15, 0.2) is 0 Å². The molecule has 0 saturated carbocycles. The maximum absolute atomic E-state index is 9.69. The fraction of sp³-hybridized carbons (Fsp3) is 0.727. The monoisotopic (exact) mass is 391 g/mol. The molecule has 2 heterocycles. The lowest BCUT2D eigenvalue weighted by atomic mass is 9.97. The van der Waals surface area contributed by atoms with E-state index < -0.39 is 0 Å². The van der Waals surface area contributed by atoms with Crippen LogP contribution in [0.25, 0.3) is 0 Å². The van der Waals surface area contributed by atoms with Crippen molar-refractivity contribution in [2.24, 2.45) is 0 Å². The molecule has 2 fully saturated rings. The summed E-state index contributed by atoms with van der Waals surface area (Å²) in [7, 11) is 1.65. The highest BCUT2D eigenvalue weighted by atomic mass is 16.5. The second kappa shape index (κ2) is 9.92. The van der Waals surface area contributed by atoms with E-state index in [-0.39, 0.29) is 12.4 Å². The molecule has 2 aliphatic heterocycles. The van der Waals surface area contributed by atoms with Crippen molar-refractivity contribution in [2.75, 3.05) is 46.4 Å². The molecule has 2 saturated heterocycles. The number of benzene rings is 1. The molecule has 158 valence electrons. The summed E-state index contributed by atoms with van der Waals surface area (Å²) in [5.74, 6) is 0.971. The van der Waals surface area contributed by atoms with Crippen molar-refractivity contribution in [2.45, 2.75) is 57.8 Å². The highest BCUT2D eigenvalue weighted by Gasteiger charge is 2.34. The minimum Gasteiger partial charge on any atom is -0.508 e. The van der Waals surface area contributed by atoms with Gasteiger partial charge < -0.3 is 19.8 Å². The Morgan fingerprint density at radius 2 is 1.89 bits per heavy atom. The molecule has 0 bridgehead atoms. The normalized spacial score (nSPS) is 23.4. The first-order valence-electron chi connectivity index (χ1n) is 10.7. The smallest absolute Gasteiger partial charge is 0.127 e. The van der Waals surface area contributed by atoms with Crippen molar-refractivity contribution < 1.29 is 14.9 Å². The second-order valence-electron chi connectivity index (χ2n) is 8.50.